The maximum atomic E-state index is 12.0. The van der Waals surface area contributed by atoms with Crippen LogP contribution in [0.5, 0.6) is 5.88 Å². The zero-order chi connectivity index (χ0) is 32.2. The molecule has 1 saturated carbocycles. The van der Waals surface area contributed by atoms with E-state index >= 15 is 0 Å². The third-order valence-corrected chi connectivity index (χ3v) is 16.3. The van der Waals surface area contributed by atoms with Crippen molar-refractivity contribution in [3.05, 3.63) is 54.0 Å². The molecule has 2 N–H and O–H groups in total. The van der Waals surface area contributed by atoms with Gasteiger partial charge in [-0.25, -0.2) is 4.98 Å². The first-order chi connectivity index (χ1) is 20.9. The van der Waals surface area contributed by atoms with Crippen LogP contribution in [0.25, 0.3) is 11.0 Å². The van der Waals surface area contributed by atoms with Crippen LogP contribution >= 0.6 is 0 Å². The lowest BCUT2D eigenvalue weighted by atomic mass is 9.96. The van der Waals surface area contributed by atoms with Gasteiger partial charge in [0, 0.05) is 30.2 Å². The number of aliphatic hydroxyl groups is 1. The molecule has 4 atom stereocenters. The summed E-state index contributed by atoms with van der Waals surface area (Å²) in [6.07, 6.45) is 2.77. The van der Waals surface area contributed by atoms with Crippen molar-refractivity contribution in [2.75, 3.05) is 13.7 Å². The zero-order valence-corrected chi connectivity index (χ0v) is 30.1. The summed E-state index contributed by atoms with van der Waals surface area (Å²) in [5.41, 5.74) is 4.37. The third-order valence-electron chi connectivity index (χ3n) is 9.15. The molecule has 2 heterocycles. The number of aromatic nitrogens is 3. The Bertz CT molecular complexity index is 1320. The largest absolute Gasteiger partial charge is 0.479 e. The first-order valence-electron chi connectivity index (χ1n) is 16.1. The van der Waals surface area contributed by atoms with Gasteiger partial charge in [0.15, 0.2) is 9.04 Å². The first kappa shape index (κ1) is 34.7. The fourth-order valence-electron chi connectivity index (χ4n) is 6.78. The smallest absolute Gasteiger partial charge is 0.341 e. The number of fused-ring (bicyclic) bond motifs is 1. The van der Waals surface area contributed by atoms with Crippen molar-refractivity contribution in [2.24, 2.45) is 5.92 Å². The summed E-state index contributed by atoms with van der Waals surface area (Å²) >= 11 is 0. The van der Waals surface area contributed by atoms with Gasteiger partial charge in [-0.05, 0) is 34.1 Å². The van der Waals surface area contributed by atoms with Crippen LogP contribution in [0.3, 0.4) is 0 Å². The highest BCUT2D eigenvalue weighted by Crippen LogP contribution is 2.46. The molecular weight excluding hydrogens is 591 g/mol. The zero-order valence-electron chi connectivity index (χ0n) is 27.9. The van der Waals surface area contributed by atoms with Crippen molar-refractivity contribution < 1.29 is 28.2 Å². The van der Waals surface area contributed by atoms with Crippen molar-refractivity contribution in [3.8, 4) is 5.88 Å². The van der Waals surface area contributed by atoms with Gasteiger partial charge in [-0.3, -0.25) is 0 Å². The highest BCUT2D eigenvalue weighted by Gasteiger charge is 2.52. The van der Waals surface area contributed by atoms with Gasteiger partial charge in [0.2, 0.25) is 5.88 Å². The quantitative estimate of drug-likeness (QED) is 0.186. The fourth-order valence-corrected chi connectivity index (χ4v) is 12.2. The molecule has 11 heteroatoms. The summed E-state index contributed by atoms with van der Waals surface area (Å²) in [7, 11) is -3.08. The van der Waals surface area contributed by atoms with E-state index in [1.54, 1.807) is 7.11 Å². The van der Waals surface area contributed by atoms with E-state index in [0.717, 1.165) is 22.2 Å². The highest BCUT2D eigenvalue weighted by molar-refractivity contribution is 6.68. The van der Waals surface area contributed by atoms with Crippen LogP contribution in [0, 0.1) is 5.92 Å². The minimum absolute atomic E-state index is 0.0237. The maximum absolute atomic E-state index is 12.0. The Labute approximate surface area is 265 Å². The van der Waals surface area contributed by atoms with Crippen molar-refractivity contribution >= 4 is 28.6 Å². The maximum Gasteiger partial charge on any atom is 0.341 e. The van der Waals surface area contributed by atoms with Gasteiger partial charge < -0.3 is 32.8 Å². The normalized spacial score (nSPS) is 21.2. The van der Waals surface area contributed by atoms with Crippen molar-refractivity contribution in [3.63, 3.8) is 0 Å². The molecule has 0 unspecified atom stereocenters. The molecule has 0 aliphatic heterocycles. The second-order valence-corrected chi connectivity index (χ2v) is 21.6. The van der Waals surface area contributed by atoms with Gasteiger partial charge in [0.25, 0.3) is 0 Å². The predicted octanol–water partition coefficient (Wildman–Crippen LogP) is 6.28. The molecule has 0 radical (unpaired) electrons. The van der Waals surface area contributed by atoms with E-state index in [9.17, 15) is 9.90 Å². The molecule has 2 aromatic heterocycles. The molecule has 244 valence electrons. The van der Waals surface area contributed by atoms with E-state index in [1.807, 2.05) is 68.8 Å². The third kappa shape index (κ3) is 7.46. The Morgan fingerprint density at radius 3 is 2.25 bits per heavy atom. The molecule has 1 fully saturated rings. The molecule has 3 aromatic rings. The Hall–Kier alpha value is -2.13. The summed E-state index contributed by atoms with van der Waals surface area (Å²) < 4.78 is 27.1. The van der Waals surface area contributed by atoms with Gasteiger partial charge in [-0.2, -0.15) is 4.98 Å². The average molecular weight is 644 g/mol. The van der Waals surface area contributed by atoms with E-state index in [4.69, 9.17) is 18.3 Å². The Morgan fingerprint density at radius 1 is 1.00 bits per heavy atom. The first-order valence-corrected chi connectivity index (χ1v) is 19.9. The molecule has 1 aliphatic rings. The van der Waals surface area contributed by atoms with E-state index in [-0.39, 0.29) is 29.6 Å². The lowest BCUT2D eigenvalue weighted by Crippen LogP contribution is -2.51. The molecule has 0 spiro atoms. The molecule has 0 saturated heterocycles. The molecule has 1 aromatic carbocycles. The topological polar surface area (TPSA) is 108 Å². The molecule has 44 heavy (non-hydrogen) atoms. The van der Waals surface area contributed by atoms with Crippen LogP contribution in [0.15, 0.2) is 42.9 Å². The number of benzene rings is 1. The summed E-state index contributed by atoms with van der Waals surface area (Å²) in [4.78, 5) is 20.9. The van der Waals surface area contributed by atoms with Crippen LogP contribution in [-0.4, -0.2) is 68.0 Å². The van der Waals surface area contributed by atoms with Crippen LogP contribution in [0.1, 0.15) is 78.9 Å². The summed E-state index contributed by atoms with van der Waals surface area (Å²) in [5, 5.41) is 12.0. The number of hydrogen-bond acceptors (Lipinski definition) is 8. The van der Waals surface area contributed by atoms with Gasteiger partial charge in [-0.1, -0.05) is 85.7 Å². The minimum Gasteiger partial charge on any atom is -0.479 e. The van der Waals surface area contributed by atoms with Gasteiger partial charge in [-0.15, -0.1) is 0 Å². The number of methoxy groups -OCH3 is 1. The Balaban J connectivity index is 1.69. The van der Waals surface area contributed by atoms with Crippen molar-refractivity contribution in [2.45, 2.75) is 115 Å². The lowest BCUT2D eigenvalue weighted by molar-refractivity contribution is -0.00260. The van der Waals surface area contributed by atoms with Crippen molar-refractivity contribution in [1.82, 2.24) is 14.5 Å². The van der Waals surface area contributed by atoms with Gasteiger partial charge >= 0.3 is 8.56 Å². The van der Waals surface area contributed by atoms with Gasteiger partial charge in [0.1, 0.15) is 18.6 Å². The predicted molar refractivity (Wildman–Crippen MR) is 179 cm³/mol. The molecule has 1 aliphatic carbocycles. The monoisotopic (exact) mass is 643 g/mol. The number of hydrogen-bond donors (Lipinski definition) is 2. The summed E-state index contributed by atoms with van der Waals surface area (Å²) in [5.74, 6) is 0.103. The lowest BCUT2D eigenvalue weighted by Gasteiger charge is -2.38. The molecular formula is C33H53N3O6Si2. The average Bonchev–Trinajstić information content (AvgIpc) is 3.50. The molecule has 4 rings (SSSR count). The van der Waals surface area contributed by atoms with Crippen LogP contribution in [-0.2, 0) is 26.9 Å². The summed E-state index contributed by atoms with van der Waals surface area (Å²) in [6.45, 7) is 18.3. The van der Waals surface area contributed by atoms with Gasteiger partial charge in [0.05, 0.1) is 31.4 Å². The number of ether oxygens (including phenoxy) is 2. The Morgan fingerprint density at radius 2 is 1.66 bits per heavy atom. The fraction of sp³-hybridized carbons (Fsp3) is 0.636. The van der Waals surface area contributed by atoms with E-state index in [2.05, 4.69) is 37.7 Å². The van der Waals surface area contributed by atoms with E-state index < -0.39 is 29.8 Å². The van der Waals surface area contributed by atoms with Crippen LogP contribution < -0.4 is 4.74 Å². The SMILES string of the molecule is COc1ncnc2c([C@@H]3C[C@H](CO[SiH](C(C)C)C(C)C)[C@@H](O[Si](O)(C(C)C)C(C)C)[C@@H]3O)cn(COCc3ccccc3)c12. The number of aliphatic hydroxyl groups excluding tert-OH is 1. The standard InChI is InChI=1S/C33H53N3O6Si2/c1-21(2)43(22(3)4)41-18-26-15-27(31(37)32(26)42-44(38,23(5)6)24(7)8)28-16-36(20-40-17-25-13-11-10-12-14-25)30-29(28)34-19-35-33(30)39-9/h10-14,16,19,21-24,26-27,31-32,37-38,43H,15,17-18,20H2,1-9H3/t26-,27+,31-,32-/m1/s1. The Kier molecular flexibility index (Phi) is 11.8. The highest BCUT2D eigenvalue weighted by atomic mass is 28.4. The molecule has 0 amide bonds. The van der Waals surface area contributed by atoms with Crippen LogP contribution in [0.4, 0.5) is 0 Å². The number of rotatable bonds is 15. The second-order valence-electron chi connectivity index (χ2n) is 13.6. The molecule has 0 bridgehead atoms. The number of nitrogens with zero attached hydrogens (tertiary/aromatic N) is 3. The van der Waals surface area contributed by atoms with Crippen LogP contribution in [0.2, 0.25) is 22.2 Å². The molecule has 9 nitrogen and oxygen atoms in total. The van der Waals surface area contributed by atoms with E-state index in [0.29, 0.717) is 36.6 Å². The van der Waals surface area contributed by atoms with Crippen molar-refractivity contribution in [1.29, 1.82) is 0 Å². The van der Waals surface area contributed by atoms with E-state index in [1.165, 1.54) is 6.33 Å². The summed E-state index contributed by atoms with van der Waals surface area (Å²) in [6, 6.07) is 10.0. The minimum atomic E-state index is -3.17. The second kappa shape index (κ2) is 15.0.